The molecule has 0 saturated carbocycles. The number of hydrogen-bond acceptors (Lipinski definition) is 5. The maximum atomic E-state index is 11.6. The largest absolute Gasteiger partial charge is 0.475 e. The summed E-state index contributed by atoms with van der Waals surface area (Å²) in [5, 5.41) is 11.3. The Kier molecular flexibility index (Phi) is 5.73. The Morgan fingerprint density at radius 1 is 1.56 bits per heavy atom. The van der Waals surface area contributed by atoms with Crippen LogP contribution in [0.3, 0.4) is 0 Å². The second kappa shape index (κ2) is 7.07. The summed E-state index contributed by atoms with van der Waals surface area (Å²) < 4.78 is 5.00. The fraction of sp³-hybridized carbons (Fsp3) is 0.455. The molecule has 7 heteroatoms. The van der Waals surface area contributed by atoms with Crippen molar-refractivity contribution in [2.24, 2.45) is 5.73 Å². The molecule has 1 aromatic heterocycles. The van der Waals surface area contributed by atoms with Crippen LogP contribution in [0.4, 0.5) is 0 Å². The molecule has 0 unspecified atom stereocenters. The van der Waals surface area contributed by atoms with Gasteiger partial charge in [-0.1, -0.05) is 0 Å². The highest BCUT2D eigenvalue weighted by molar-refractivity contribution is 7.98. The zero-order valence-corrected chi connectivity index (χ0v) is 10.8. The van der Waals surface area contributed by atoms with Gasteiger partial charge in [0.05, 0.1) is 12.6 Å². The summed E-state index contributed by atoms with van der Waals surface area (Å²) in [6.07, 6.45) is 2.55. The highest BCUT2D eigenvalue weighted by Crippen LogP contribution is 2.07. The Bertz CT molecular complexity index is 419. The van der Waals surface area contributed by atoms with Gasteiger partial charge in [-0.25, -0.2) is 4.79 Å². The molecule has 6 nitrogen and oxygen atoms in total. The number of rotatable bonds is 7. The van der Waals surface area contributed by atoms with E-state index in [0.717, 1.165) is 5.75 Å². The number of carbonyl (C=O) groups is 2. The summed E-state index contributed by atoms with van der Waals surface area (Å²) in [5.41, 5.74) is 5.67. The number of thioether (sulfide) groups is 1. The summed E-state index contributed by atoms with van der Waals surface area (Å²) in [6, 6.07) is 2.31. The van der Waals surface area contributed by atoms with Crippen LogP contribution in [-0.2, 0) is 11.3 Å². The lowest BCUT2D eigenvalue weighted by Crippen LogP contribution is -2.40. The number of hydrogen-bond donors (Lipinski definition) is 3. The molecule has 100 valence electrons. The van der Waals surface area contributed by atoms with Crippen LogP contribution in [0.2, 0.25) is 0 Å². The lowest BCUT2D eigenvalue weighted by molar-refractivity contribution is -0.122. The van der Waals surface area contributed by atoms with E-state index in [1.54, 1.807) is 11.8 Å². The standard InChI is InChI=1S/C11H16N2O4S/c1-18-5-4-8(12)10(14)13-6-7-2-3-9(17-7)11(15)16/h2-3,8H,4-6,12H2,1H3,(H,13,14)(H,15,16)/t8-/m1/s1. The van der Waals surface area contributed by atoms with Gasteiger partial charge >= 0.3 is 5.97 Å². The Morgan fingerprint density at radius 3 is 2.83 bits per heavy atom. The van der Waals surface area contributed by atoms with Crippen LogP contribution < -0.4 is 11.1 Å². The Hall–Kier alpha value is -1.47. The van der Waals surface area contributed by atoms with E-state index in [0.29, 0.717) is 12.2 Å². The highest BCUT2D eigenvalue weighted by Gasteiger charge is 2.14. The van der Waals surface area contributed by atoms with E-state index < -0.39 is 12.0 Å². The predicted octanol–water partition coefficient (Wildman–Crippen LogP) is 0.674. The topological polar surface area (TPSA) is 106 Å². The van der Waals surface area contributed by atoms with Crippen molar-refractivity contribution >= 4 is 23.6 Å². The number of carboxylic acids is 1. The molecule has 0 aliphatic carbocycles. The quantitative estimate of drug-likeness (QED) is 0.674. The SMILES string of the molecule is CSCC[C@@H](N)C(=O)NCc1ccc(C(=O)O)o1. The molecule has 0 radical (unpaired) electrons. The lowest BCUT2D eigenvalue weighted by Gasteiger charge is -2.10. The molecule has 4 N–H and O–H groups in total. The number of aromatic carboxylic acids is 1. The average molecular weight is 272 g/mol. The predicted molar refractivity (Wildman–Crippen MR) is 68.5 cm³/mol. The number of amides is 1. The van der Waals surface area contributed by atoms with Gasteiger partial charge in [0.2, 0.25) is 11.7 Å². The van der Waals surface area contributed by atoms with Gasteiger partial charge in [0.1, 0.15) is 5.76 Å². The Balaban J connectivity index is 2.39. The zero-order chi connectivity index (χ0) is 13.5. The molecule has 0 saturated heterocycles. The number of nitrogens with one attached hydrogen (secondary N) is 1. The van der Waals surface area contributed by atoms with Crippen molar-refractivity contribution in [3.05, 3.63) is 23.7 Å². The third kappa shape index (κ3) is 4.42. The van der Waals surface area contributed by atoms with Crippen molar-refractivity contribution in [1.29, 1.82) is 0 Å². The third-order valence-electron chi connectivity index (χ3n) is 2.28. The van der Waals surface area contributed by atoms with Crippen molar-refractivity contribution in [1.82, 2.24) is 5.32 Å². The molecule has 0 aromatic carbocycles. The molecule has 1 amide bonds. The molecule has 1 aromatic rings. The van der Waals surface area contributed by atoms with Crippen molar-refractivity contribution in [2.45, 2.75) is 19.0 Å². The lowest BCUT2D eigenvalue weighted by atomic mass is 10.2. The second-order valence-corrected chi connectivity index (χ2v) is 4.66. The molecule has 0 aliphatic heterocycles. The van der Waals surface area contributed by atoms with Crippen LogP contribution in [0.25, 0.3) is 0 Å². The summed E-state index contributed by atoms with van der Waals surface area (Å²) in [6.45, 7) is 0.138. The average Bonchev–Trinajstić information content (AvgIpc) is 2.81. The maximum Gasteiger partial charge on any atom is 0.371 e. The van der Waals surface area contributed by atoms with E-state index in [9.17, 15) is 9.59 Å². The first-order chi connectivity index (χ1) is 8.54. The van der Waals surface area contributed by atoms with Crippen molar-refractivity contribution in [3.8, 4) is 0 Å². The molecule has 0 aliphatic rings. The van der Waals surface area contributed by atoms with E-state index in [1.807, 2.05) is 6.26 Å². The van der Waals surface area contributed by atoms with Gasteiger partial charge in [-0.05, 0) is 30.6 Å². The molecule has 0 spiro atoms. The van der Waals surface area contributed by atoms with Crippen molar-refractivity contribution in [2.75, 3.05) is 12.0 Å². The maximum absolute atomic E-state index is 11.6. The molecule has 1 rings (SSSR count). The van der Waals surface area contributed by atoms with Gasteiger partial charge in [0, 0.05) is 0 Å². The van der Waals surface area contributed by atoms with E-state index in [2.05, 4.69) is 5.32 Å². The molecular formula is C11H16N2O4S. The number of furan rings is 1. The van der Waals surface area contributed by atoms with Crippen molar-refractivity contribution in [3.63, 3.8) is 0 Å². The Morgan fingerprint density at radius 2 is 2.28 bits per heavy atom. The van der Waals surface area contributed by atoms with Gasteiger partial charge in [-0.2, -0.15) is 11.8 Å². The van der Waals surface area contributed by atoms with Gasteiger partial charge in [0.25, 0.3) is 0 Å². The monoisotopic (exact) mass is 272 g/mol. The third-order valence-corrected chi connectivity index (χ3v) is 2.92. The minimum absolute atomic E-state index is 0.138. The van der Waals surface area contributed by atoms with Crippen LogP contribution in [-0.4, -0.2) is 35.0 Å². The van der Waals surface area contributed by atoms with E-state index in [-0.39, 0.29) is 18.2 Å². The summed E-state index contributed by atoms with van der Waals surface area (Å²) in [7, 11) is 0. The minimum atomic E-state index is -1.13. The normalized spacial score (nSPS) is 12.1. The molecule has 1 heterocycles. The number of carboxylic acid groups (broad SMARTS) is 1. The van der Waals surface area contributed by atoms with E-state index in [1.165, 1.54) is 12.1 Å². The van der Waals surface area contributed by atoms with Gasteiger partial charge < -0.3 is 20.6 Å². The zero-order valence-electron chi connectivity index (χ0n) is 10.0. The first-order valence-electron chi connectivity index (χ1n) is 5.39. The summed E-state index contributed by atoms with van der Waals surface area (Å²) in [5.74, 6) is -0.344. The molecule has 18 heavy (non-hydrogen) atoms. The number of nitrogens with two attached hydrogens (primary N) is 1. The van der Waals surface area contributed by atoms with Gasteiger partial charge in [-0.3, -0.25) is 4.79 Å². The number of carbonyl (C=O) groups excluding carboxylic acids is 1. The fourth-order valence-corrected chi connectivity index (χ4v) is 1.76. The summed E-state index contributed by atoms with van der Waals surface area (Å²) >= 11 is 1.62. The van der Waals surface area contributed by atoms with E-state index >= 15 is 0 Å². The van der Waals surface area contributed by atoms with Crippen LogP contribution in [0.15, 0.2) is 16.5 Å². The Labute approximate surface area is 109 Å². The summed E-state index contributed by atoms with van der Waals surface area (Å²) in [4.78, 5) is 22.1. The van der Waals surface area contributed by atoms with Crippen molar-refractivity contribution < 1.29 is 19.1 Å². The first kappa shape index (κ1) is 14.6. The smallest absolute Gasteiger partial charge is 0.371 e. The first-order valence-corrected chi connectivity index (χ1v) is 6.78. The van der Waals surface area contributed by atoms with Gasteiger partial charge in [0.15, 0.2) is 0 Å². The molecule has 1 atom stereocenters. The highest BCUT2D eigenvalue weighted by atomic mass is 32.2. The van der Waals surface area contributed by atoms with Gasteiger partial charge in [-0.15, -0.1) is 0 Å². The fourth-order valence-electron chi connectivity index (χ4n) is 1.27. The second-order valence-electron chi connectivity index (χ2n) is 3.68. The van der Waals surface area contributed by atoms with E-state index in [4.69, 9.17) is 15.3 Å². The van der Waals surface area contributed by atoms with Crippen LogP contribution in [0.1, 0.15) is 22.7 Å². The van der Waals surface area contributed by atoms with Crippen LogP contribution >= 0.6 is 11.8 Å². The minimum Gasteiger partial charge on any atom is -0.475 e. The van der Waals surface area contributed by atoms with Crippen LogP contribution in [0, 0.1) is 0 Å². The molecule has 0 fully saturated rings. The van der Waals surface area contributed by atoms with Crippen LogP contribution in [0.5, 0.6) is 0 Å². The molecular weight excluding hydrogens is 256 g/mol. The molecule has 0 bridgehead atoms.